The van der Waals surface area contributed by atoms with Gasteiger partial charge in [-0.25, -0.2) is 9.51 Å². The highest BCUT2D eigenvalue weighted by Crippen LogP contribution is 2.33. The van der Waals surface area contributed by atoms with E-state index >= 15 is 0 Å². The molecule has 9 heteroatoms. The number of amidine groups is 1. The van der Waals surface area contributed by atoms with E-state index in [4.69, 9.17) is 16.2 Å². The monoisotopic (exact) mass is 471 g/mol. The molecule has 35 heavy (non-hydrogen) atoms. The minimum atomic E-state index is 0.196. The highest BCUT2D eigenvalue weighted by Gasteiger charge is 2.24. The van der Waals surface area contributed by atoms with Crippen molar-refractivity contribution in [2.24, 2.45) is 16.6 Å². The first-order valence-electron chi connectivity index (χ1n) is 11.6. The van der Waals surface area contributed by atoms with Gasteiger partial charge in [-0.3, -0.25) is 4.98 Å². The summed E-state index contributed by atoms with van der Waals surface area (Å²) in [4.78, 5) is 11.1. The molecule has 0 bridgehead atoms. The average Bonchev–Trinajstić information content (AvgIpc) is 3.27. The molecule has 0 saturated carbocycles. The van der Waals surface area contributed by atoms with E-state index in [1.165, 1.54) is 0 Å². The Bertz CT molecular complexity index is 1410. The molecule has 0 aliphatic carbocycles. The predicted octanol–water partition coefficient (Wildman–Crippen LogP) is 3.22. The minimum Gasteiger partial charge on any atom is -0.508 e. The van der Waals surface area contributed by atoms with E-state index < -0.39 is 0 Å². The lowest BCUT2D eigenvalue weighted by molar-refractivity contribution is 0.0859. The first-order valence-corrected chi connectivity index (χ1v) is 11.6. The van der Waals surface area contributed by atoms with Gasteiger partial charge < -0.3 is 26.2 Å². The number of likely N-dealkylation sites (tertiary alicyclic amines) is 1. The summed E-state index contributed by atoms with van der Waals surface area (Å²) in [5.74, 6) is 1.78. The number of nitrogens with zero attached hydrogens (tertiary/aromatic N) is 5. The van der Waals surface area contributed by atoms with Crippen LogP contribution in [0.25, 0.3) is 16.6 Å². The molecule has 5 N–H and O–H groups in total. The number of aromatic nitrogens is 3. The van der Waals surface area contributed by atoms with Crippen LogP contribution in [0.15, 0.2) is 60.1 Å². The fourth-order valence-corrected chi connectivity index (χ4v) is 4.45. The quantitative estimate of drug-likeness (QED) is 0.279. The number of nitrogens with two attached hydrogens (primary N) is 2. The Balaban J connectivity index is 1.46. The van der Waals surface area contributed by atoms with Crippen molar-refractivity contribution in [3.05, 3.63) is 66.2 Å². The van der Waals surface area contributed by atoms with Gasteiger partial charge in [-0.05, 0) is 49.4 Å². The second-order valence-corrected chi connectivity index (χ2v) is 8.96. The average molecular weight is 472 g/mol. The zero-order valence-electron chi connectivity index (χ0n) is 19.8. The van der Waals surface area contributed by atoms with Crippen LogP contribution in [0.4, 0.5) is 11.4 Å². The zero-order valence-corrected chi connectivity index (χ0v) is 19.8. The zero-order chi connectivity index (χ0) is 24.5. The number of benzene rings is 1. The van der Waals surface area contributed by atoms with E-state index in [-0.39, 0.29) is 11.6 Å². The number of phenols is 1. The molecule has 0 amide bonds. The Morgan fingerprint density at radius 1 is 1.23 bits per heavy atom. The van der Waals surface area contributed by atoms with Gasteiger partial charge in [-0.1, -0.05) is 6.92 Å². The van der Waals surface area contributed by atoms with Crippen LogP contribution in [0.2, 0.25) is 0 Å². The molecule has 9 nitrogen and oxygen atoms in total. The van der Waals surface area contributed by atoms with Crippen LogP contribution >= 0.6 is 0 Å². The number of aryl methyl sites for hydroxylation is 1. The van der Waals surface area contributed by atoms with Gasteiger partial charge in [0.15, 0.2) is 0 Å². The number of rotatable bonds is 7. The molecule has 0 unspecified atom stereocenters. The summed E-state index contributed by atoms with van der Waals surface area (Å²) < 4.78 is 7.86. The molecule has 1 aliphatic rings. The Morgan fingerprint density at radius 2 is 2.06 bits per heavy atom. The van der Waals surface area contributed by atoms with Crippen LogP contribution in [-0.4, -0.2) is 57.2 Å². The summed E-state index contributed by atoms with van der Waals surface area (Å²) in [5.41, 5.74) is 18.0. The summed E-state index contributed by atoms with van der Waals surface area (Å²) in [5, 5.41) is 14.3. The predicted molar refractivity (Wildman–Crippen MR) is 137 cm³/mol. The molecule has 180 valence electrons. The maximum absolute atomic E-state index is 9.76. The lowest BCUT2D eigenvalue weighted by Gasteiger charge is -2.35. The number of aliphatic imine (C=N–C) groups is 1. The molecule has 3 aromatic heterocycles. The number of hydrogen-bond acceptors (Lipinski definition) is 7. The van der Waals surface area contributed by atoms with Gasteiger partial charge in [0.2, 0.25) is 0 Å². The fraction of sp³-hybridized carbons (Fsp3) is 0.269. The van der Waals surface area contributed by atoms with E-state index in [0.29, 0.717) is 41.4 Å². The Kier molecular flexibility index (Phi) is 6.00. The Hall–Kier alpha value is -4.11. The summed E-state index contributed by atoms with van der Waals surface area (Å²) >= 11 is 0. The van der Waals surface area contributed by atoms with Gasteiger partial charge >= 0.3 is 0 Å². The molecule has 0 atom stereocenters. The lowest BCUT2D eigenvalue weighted by atomic mass is 10.0. The second-order valence-electron chi connectivity index (χ2n) is 8.96. The number of fused-ring (bicyclic) bond motifs is 1. The van der Waals surface area contributed by atoms with Gasteiger partial charge in [0, 0.05) is 48.7 Å². The number of phenolic OH excluding ortho intramolecular Hbond substituents is 1. The molecular weight excluding hydrogens is 442 g/mol. The molecule has 0 radical (unpaired) electrons. The van der Waals surface area contributed by atoms with Crippen molar-refractivity contribution in [1.29, 1.82) is 0 Å². The van der Waals surface area contributed by atoms with Crippen LogP contribution in [-0.2, 0) is 6.42 Å². The normalized spacial score (nSPS) is 14.9. The third-order valence-electron chi connectivity index (χ3n) is 6.34. The van der Waals surface area contributed by atoms with E-state index in [1.807, 2.05) is 25.3 Å². The smallest absolute Gasteiger partial charge is 0.135 e. The summed E-state index contributed by atoms with van der Waals surface area (Å²) in [6.45, 7) is 4.76. The first-order chi connectivity index (χ1) is 16.9. The third kappa shape index (κ3) is 4.50. The van der Waals surface area contributed by atoms with Crippen LogP contribution < -0.4 is 16.2 Å². The number of aromatic hydroxyl groups is 1. The van der Waals surface area contributed by atoms with Crippen molar-refractivity contribution in [2.75, 3.05) is 32.5 Å². The maximum Gasteiger partial charge on any atom is 0.135 e. The van der Waals surface area contributed by atoms with Crippen molar-refractivity contribution in [1.82, 2.24) is 19.5 Å². The number of nitrogen functional groups attached to an aromatic ring is 1. The standard InChI is InChI=1S/C26H29N7O2/c1-3-17-8-19(34)4-5-22(17)31-26(28)21-11-30-33-14-18(9-23(33)25(21)27)20-10-29-7-6-24(20)35-15-16-12-32(2)13-16/h4-11,14,16,34H,3,12-13,15,27H2,1-2H3,(H2,28,31). The number of pyridine rings is 1. The molecule has 1 aliphatic heterocycles. The van der Waals surface area contributed by atoms with Crippen LogP contribution in [0.1, 0.15) is 18.1 Å². The van der Waals surface area contributed by atoms with Gasteiger partial charge in [0.25, 0.3) is 0 Å². The van der Waals surface area contributed by atoms with Crippen molar-refractivity contribution in [3.8, 4) is 22.6 Å². The number of hydrogen-bond donors (Lipinski definition) is 3. The second kappa shape index (κ2) is 9.27. The Morgan fingerprint density at radius 3 is 2.83 bits per heavy atom. The summed E-state index contributed by atoms with van der Waals surface area (Å²) in [6.07, 6.45) is 7.75. The topological polar surface area (TPSA) is 127 Å². The third-order valence-corrected chi connectivity index (χ3v) is 6.34. The molecule has 1 fully saturated rings. The maximum atomic E-state index is 9.76. The largest absolute Gasteiger partial charge is 0.508 e. The molecule has 1 aromatic carbocycles. The van der Waals surface area contributed by atoms with Crippen molar-refractivity contribution < 1.29 is 9.84 Å². The van der Waals surface area contributed by atoms with E-state index in [9.17, 15) is 5.11 Å². The number of anilines is 1. The highest BCUT2D eigenvalue weighted by molar-refractivity contribution is 6.06. The molecule has 5 rings (SSSR count). The van der Waals surface area contributed by atoms with E-state index in [0.717, 1.165) is 35.5 Å². The minimum absolute atomic E-state index is 0.196. The van der Waals surface area contributed by atoms with E-state index in [1.54, 1.807) is 41.3 Å². The van der Waals surface area contributed by atoms with Crippen LogP contribution in [0, 0.1) is 5.92 Å². The SMILES string of the molecule is CCc1cc(O)ccc1/N=C(\N)c1cnn2cc(-c3cnccc3OCC3CN(C)C3)cc2c1N. The van der Waals surface area contributed by atoms with Gasteiger partial charge in [-0.2, -0.15) is 5.10 Å². The first kappa shape index (κ1) is 22.7. The summed E-state index contributed by atoms with van der Waals surface area (Å²) in [6, 6.07) is 8.86. The lowest BCUT2D eigenvalue weighted by Crippen LogP contribution is -2.46. The molecule has 4 aromatic rings. The van der Waals surface area contributed by atoms with Crippen molar-refractivity contribution in [3.63, 3.8) is 0 Å². The van der Waals surface area contributed by atoms with Gasteiger partial charge in [-0.15, -0.1) is 0 Å². The van der Waals surface area contributed by atoms with Gasteiger partial charge in [0.1, 0.15) is 17.3 Å². The Labute approximate surface area is 203 Å². The molecule has 0 spiro atoms. The van der Waals surface area contributed by atoms with Crippen molar-refractivity contribution >= 4 is 22.7 Å². The van der Waals surface area contributed by atoms with Crippen LogP contribution in [0.5, 0.6) is 11.5 Å². The highest BCUT2D eigenvalue weighted by atomic mass is 16.5. The van der Waals surface area contributed by atoms with Crippen molar-refractivity contribution in [2.45, 2.75) is 13.3 Å². The van der Waals surface area contributed by atoms with E-state index in [2.05, 4.69) is 27.0 Å². The summed E-state index contributed by atoms with van der Waals surface area (Å²) in [7, 11) is 2.11. The fourth-order valence-electron chi connectivity index (χ4n) is 4.45. The molecular formula is C26H29N7O2. The molecule has 4 heterocycles. The molecule has 1 saturated heterocycles. The van der Waals surface area contributed by atoms with Crippen LogP contribution in [0.3, 0.4) is 0 Å². The number of ether oxygens (including phenoxy) is 1. The van der Waals surface area contributed by atoms with Gasteiger partial charge in [0.05, 0.1) is 35.3 Å².